The molecule has 0 amide bonds. The van der Waals surface area contributed by atoms with E-state index in [9.17, 15) is 4.39 Å². The van der Waals surface area contributed by atoms with Gasteiger partial charge in [-0.15, -0.1) is 11.6 Å². The molecule has 3 heteroatoms. The number of hydrogen-bond donors (Lipinski definition) is 0. The van der Waals surface area contributed by atoms with Crippen LogP contribution in [0.15, 0.2) is 22.7 Å². The Balaban J connectivity index is 2.12. The van der Waals surface area contributed by atoms with Gasteiger partial charge in [0.2, 0.25) is 0 Å². The average molecular weight is 306 g/mol. The molecule has 1 aromatic carbocycles. The second-order valence-electron chi connectivity index (χ2n) is 4.65. The first-order valence-electron chi connectivity index (χ1n) is 5.66. The van der Waals surface area contributed by atoms with Gasteiger partial charge in [-0.1, -0.05) is 22.9 Å². The summed E-state index contributed by atoms with van der Waals surface area (Å²) in [7, 11) is 0. The van der Waals surface area contributed by atoms with Crippen molar-refractivity contribution in [2.24, 2.45) is 11.8 Å². The predicted octanol–water partition coefficient (Wildman–Crippen LogP) is 4.78. The molecule has 1 fully saturated rings. The van der Waals surface area contributed by atoms with E-state index in [-0.39, 0.29) is 11.2 Å². The molecule has 1 saturated carbocycles. The van der Waals surface area contributed by atoms with Crippen molar-refractivity contribution in [1.82, 2.24) is 0 Å². The summed E-state index contributed by atoms with van der Waals surface area (Å²) in [5.74, 6) is 0.903. The fourth-order valence-electron chi connectivity index (χ4n) is 2.46. The lowest BCUT2D eigenvalue weighted by molar-refractivity contribution is 0.412. The van der Waals surface area contributed by atoms with Gasteiger partial charge in [-0.2, -0.15) is 0 Å². The van der Waals surface area contributed by atoms with Crippen LogP contribution in [0.2, 0.25) is 0 Å². The van der Waals surface area contributed by atoms with Gasteiger partial charge in [0, 0.05) is 9.85 Å². The predicted molar refractivity (Wildman–Crippen MR) is 69.3 cm³/mol. The summed E-state index contributed by atoms with van der Waals surface area (Å²) >= 11 is 9.57. The fourth-order valence-corrected chi connectivity index (χ4v) is 3.20. The van der Waals surface area contributed by atoms with Gasteiger partial charge in [-0.25, -0.2) is 4.39 Å². The van der Waals surface area contributed by atoms with Gasteiger partial charge in [0.15, 0.2) is 0 Å². The zero-order valence-electron chi connectivity index (χ0n) is 9.22. The zero-order valence-corrected chi connectivity index (χ0v) is 11.6. The van der Waals surface area contributed by atoms with Crippen LogP contribution in [0.3, 0.4) is 0 Å². The van der Waals surface area contributed by atoms with Gasteiger partial charge < -0.3 is 0 Å². The van der Waals surface area contributed by atoms with E-state index >= 15 is 0 Å². The highest BCUT2D eigenvalue weighted by molar-refractivity contribution is 9.10. The Morgan fingerprint density at radius 2 is 2.19 bits per heavy atom. The molecule has 3 unspecified atom stereocenters. The molecule has 0 N–H and O–H groups in total. The minimum atomic E-state index is -0.103. The van der Waals surface area contributed by atoms with Crippen LogP contribution >= 0.6 is 27.5 Å². The third-order valence-electron chi connectivity index (χ3n) is 3.62. The van der Waals surface area contributed by atoms with Crippen molar-refractivity contribution in [1.29, 1.82) is 0 Å². The minimum Gasteiger partial charge on any atom is -0.207 e. The highest BCUT2D eigenvalue weighted by Crippen LogP contribution is 2.37. The zero-order chi connectivity index (χ0) is 11.7. The third-order valence-corrected chi connectivity index (χ3v) is 4.73. The second kappa shape index (κ2) is 5.05. The van der Waals surface area contributed by atoms with Crippen LogP contribution in [0.1, 0.15) is 25.3 Å². The lowest BCUT2D eigenvalue weighted by Crippen LogP contribution is -2.13. The average Bonchev–Trinajstić information content (AvgIpc) is 2.55. The molecule has 0 aliphatic heterocycles. The summed E-state index contributed by atoms with van der Waals surface area (Å²) in [4.78, 5) is 0. The third kappa shape index (κ3) is 2.60. The molecule has 2 rings (SSSR count). The largest absolute Gasteiger partial charge is 0.207 e. The van der Waals surface area contributed by atoms with E-state index in [0.717, 1.165) is 29.3 Å². The van der Waals surface area contributed by atoms with Gasteiger partial charge in [0.05, 0.1) is 0 Å². The van der Waals surface area contributed by atoms with Crippen LogP contribution in [0, 0.1) is 17.7 Å². The van der Waals surface area contributed by atoms with Crippen molar-refractivity contribution in [3.05, 3.63) is 34.1 Å². The number of alkyl halides is 1. The van der Waals surface area contributed by atoms with Crippen LogP contribution in [0.25, 0.3) is 0 Å². The summed E-state index contributed by atoms with van der Waals surface area (Å²) in [5.41, 5.74) is 0.803. The van der Waals surface area contributed by atoms with Crippen molar-refractivity contribution < 1.29 is 4.39 Å². The Bertz CT molecular complexity index is 380. The van der Waals surface area contributed by atoms with Crippen LogP contribution in [0.4, 0.5) is 4.39 Å². The van der Waals surface area contributed by atoms with Gasteiger partial charge in [0.1, 0.15) is 5.82 Å². The van der Waals surface area contributed by atoms with E-state index < -0.39 is 0 Å². The maximum absolute atomic E-state index is 13.6. The minimum absolute atomic E-state index is 0.103. The highest BCUT2D eigenvalue weighted by Gasteiger charge is 2.31. The molecule has 1 aliphatic rings. The van der Waals surface area contributed by atoms with E-state index in [2.05, 4.69) is 22.9 Å². The molecule has 0 saturated heterocycles. The smallest absolute Gasteiger partial charge is 0.126 e. The van der Waals surface area contributed by atoms with Gasteiger partial charge in [-0.3, -0.25) is 0 Å². The van der Waals surface area contributed by atoms with E-state index in [4.69, 9.17) is 11.6 Å². The van der Waals surface area contributed by atoms with Crippen molar-refractivity contribution in [3.63, 3.8) is 0 Å². The number of halogens is 3. The van der Waals surface area contributed by atoms with E-state index in [1.165, 1.54) is 6.07 Å². The number of benzene rings is 1. The van der Waals surface area contributed by atoms with Crippen molar-refractivity contribution >= 4 is 27.5 Å². The molecular weight excluding hydrogens is 290 g/mol. The molecule has 0 nitrogen and oxygen atoms in total. The molecule has 1 aliphatic carbocycles. The molecule has 0 spiro atoms. The topological polar surface area (TPSA) is 0 Å². The summed E-state index contributed by atoms with van der Waals surface area (Å²) in [5, 5.41) is 0.264. The second-order valence-corrected chi connectivity index (χ2v) is 6.13. The maximum atomic E-state index is 13.6. The SMILES string of the molecule is CC1C(Cl)CCC1Cc1cc(Br)ccc1F. The summed E-state index contributed by atoms with van der Waals surface area (Å²) in [6, 6.07) is 5.14. The molecule has 3 atom stereocenters. The van der Waals surface area contributed by atoms with Gasteiger partial charge in [0.25, 0.3) is 0 Å². The van der Waals surface area contributed by atoms with Crippen LogP contribution in [-0.2, 0) is 6.42 Å². The van der Waals surface area contributed by atoms with E-state index in [1.807, 2.05) is 6.07 Å². The van der Waals surface area contributed by atoms with Gasteiger partial charge >= 0.3 is 0 Å². The first-order valence-corrected chi connectivity index (χ1v) is 6.89. The lowest BCUT2D eigenvalue weighted by atomic mass is 9.91. The van der Waals surface area contributed by atoms with Crippen LogP contribution < -0.4 is 0 Å². The van der Waals surface area contributed by atoms with Crippen molar-refractivity contribution in [3.8, 4) is 0 Å². The Hall–Kier alpha value is -0.0800. The van der Waals surface area contributed by atoms with E-state index in [0.29, 0.717) is 11.8 Å². The number of hydrogen-bond acceptors (Lipinski definition) is 0. The monoisotopic (exact) mass is 304 g/mol. The highest BCUT2D eigenvalue weighted by atomic mass is 79.9. The summed E-state index contributed by atoms with van der Waals surface area (Å²) < 4.78 is 14.5. The summed E-state index contributed by atoms with van der Waals surface area (Å²) in [6.07, 6.45) is 2.97. The quantitative estimate of drug-likeness (QED) is 0.690. The van der Waals surface area contributed by atoms with E-state index in [1.54, 1.807) is 6.07 Å². The Morgan fingerprint density at radius 3 is 2.81 bits per heavy atom. The maximum Gasteiger partial charge on any atom is 0.126 e. The lowest BCUT2D eigenvalue weighted by Gasteiger charge is -2.17. The van der Waals surface area contributed by atoms with Crippen molar-refractivity contribution in [2.75, 3.05) is 0 Å². The molecule has 0 heterocycles. The molecule has 0 aromatic heterocycles. The normalized spacial score (nSPS) is 29.6. The molecule has 1 aromatic rings. The fraction of sp³-hybridized carbons (Fsp3) is 0.538. The van der Waals surface area contributed by atoms with Crippen LogP contribution in [-0.4, -0.2) is 5.38 Å². The van der Waals surface area contributed by atoms with Gasteiger partial charge in [-0.05, 0) is 54.9 Å². The Kier molecular flexibility index (Phi) is 3.91. The first-order chi connectivity index (χ1) is 7.58. The molecule has 88 valence electrons. The first kappa shape index (κ1) is 12.4. The number of rotatable bonds is 2. The van der Waals surface area contributed by atoms with Crippen LogP contribution in [0.5, 0.6) is 0 Å². The van der Waals surface area contributed by atoms with Crippen molar-refractivity contribution in [2.45, 2.75) is 31.6 Å². The Labute approximate surface area is 109 Å². The molecule has 0 bridgehead atoms. The molecular formula is C13H15BrClF. The summed E-state index contributed by atoms with van der Waals surface area (Å²) in [6.45, 7) is 2.17. The Morgan fingerprint density at radius 1 is 1.44 bits per heavy atom. The molecule has 16 heavy (non-hydrogen) atoms. The molecule has 0 radical (unpaired) electrons. The standard InChI is InChI=1S/C13H15BrClF/c1-8-9(2-4-12(8)15)6-10-7-11(14)3-5-13(10)16/h3,5,7-9,12H,2,4,6H2,1H3.